The zero-order valence-corrected chi connectivity index (χ0v) is 16.5. The first kappa shape index (κ1) is 22.1. The van der Waals surface area contributed by atoms with Crippen LogP contribution >= 0.6 is 0 Å². The molecule has 11 nitrogen and oxygen atoms in total. The Balaban J connectivity index is 1.61. The number of phenolic OH excluding ortho intramolecular Hbond substituents is 3. The fourth-order valence-electron chi connectivity index (χ4n) is 3.67. The fraction of sp³-hybridized carbons (Fsp3) is 0.381. The average molecular weight is 450 g/mol. The molecule has 0 radical (unpaired) electrons. The van der Waals surface area contributed by atoms with E-state index in [4.69, 9.17) is 14.2 Å². The summed E-state index contributed by atoms with van der Waals surface area (Å²) in [5, 5.41) is 69.1. The third kappa shape index (κ3) is 3.80. The van der Waals surface area contributed by atoms with Gasteiger partial charge in [0, 0.05) is 0 Å². The van der Waals surface area contributed by atoms with Crippen LogP contribution in [0.1, 0.15) is 28.4 Å². The highest BCUT2D eigenvalue weighted by atomic mass is 16.7. The largest absolute Gasteiger partial charge is 0.504 e. The number of rotatable bonds is 4. The molecule has 2 aromatic rings. The van der Waals surface area contributed by atoms with Crippen molar-refractivity contribution in [1.82, 2.24) is 0 Å². The first-order chi connectivity index (χ1) is 15.2. The minimum absolute atomic E-state index is 0.0798. The van der Waals surface area contributed by atoms with E-state index in [9.17, 15) is 40.5 Å². The maximum Gasteiger partial charge on any atom is 0.229 e. The first-order valence-corrected chi connectivity index (χ1v) is 9.76. The van der Waals surface area contributed by atoms with Crippen LogP contribution in [0.5, 0.6) is 28.7 Å². The van der Waals surface area contributed by atoms with Crippen molar-refractivity contribution in [2.24, 2.45) is 0 Å². The van der Waals surface area contributed by atoms with Crippen LogP contribution in [0.3, 0.4) is 0 Å². The summed E-state index contributed by atoms with van der Waals surface area (Å²) in [4.78, 5) is 12.6. The summed E-state index contributed by atoms with van der Waals surface area (Å²) in [7, 11) is 0. The van der Waals surface area contributed by atoms with E-state index in [0.29, 0.717) is 5.56 Å². The zero-order chi connectivity index (χ0) is 23.2. The minimum atomic E-state index is -1.70. The second kappa shape index (κ2) is 8.45. The van der Waals surface area contributed by atoms with E-state index in [1.807, 2.05) is 0 Å². The number of fused-ring (bicyclic) bond motifs is 1. The van der Waals surface area contributed by atoms with Crippen molar-refractivity contribution < 1.29 is 54.8 Å². The van der Waals surface area contributed by atoms with Crippen LogP contribution < -0.4 is 9.47 Å². The number of phenols is 3. The SMILES string of the molecule is O=C1C[C@@H](c2ccc(O)c(O)c2)Oc2c1ccc(O[C@@H]1O[C@H](CO)[C@@H](O)[C@@H](O)[C@H]1O)c2O. The molecular formula is C21H22O11. The van der Waals surface area contributed by atoms with Crippen molar-refractivity contribution in [1.29, 1.82) is 0 Å². The molecule has 2 aliphatic heterocycles. The lowest BCUT2D eigenvalue weighted by molar-refractivity contribution is -0.277. The zero-order valence-electron chi connectivity index (χ0n) is 16.5. The van der Waals surface area contributed by atoms with Gasteiger partial charge in [-0.2, -0.15) is 0 Å². The summed E-state index contributed by atoms with van der Waals surface area (Å²) < 4.78 is 16.5. The molecule has 11 heteroatoms. The van der Waals surface area contributed by atoms with Crippen LogP contribution in [0.15, 0.2) is 30.3 Å². The second-order valence-corrected chi connectivity index (χ2v) is 7.59. The Labute approximate surface area is 181 Å². The normalized spacial score (nSPS) is 29.8. The number of hydrogen-bond donors (Lipinski definition) is 7. The number of benzene rings is 2. The van der Waals surface area contributed by atoms with Gasteiger partial charge in [-0.25, -0.2) is 0 Å². The molecule has 6 atom stereocenters. The van der Waals surface area contributed by atoms with E-state index in [-0.39, 0.29) is 35.0 Å². The summed E-state index contributed by atoms with van der Waals surface area (Å²) >= 11 is 0. The molecule has 32 heavy (non-hydrogen) atoms. The molecule has 0 saturated carbocycles. The molecule has 0 amide bonds. The Hall–Kier alpha value is -3.09. The number of carbonyl (C=O) groups is 1. The molecule has 7 N–H and O–H groups in total. The number of ketones is 1. The van der Waals surface area contributed by atoms with Gasteiger partial charge >= 0.3 is 0 Å². The highest BCUT2D eigenvalue weighted by Gasteiger charge is 2.45. The van der Waals surface area contributed by atoms with Crippen LogP contribution in [0.4, 0.5) is 0 Å². The predicted molar refractivity (Wildman–Crippen MR) is 105 cm³/mol. The standard InChI is InChI=1S/C21H22O11/c22-7-15-16(26)18(28)19(29)21(32-15)31-13-4-2-9-11(24)6-14(30-20(9)17(13)27)8-1-3-10(23)12(25)5-8/h1-5,14-16,18-19,21-23,25-29H,6-7H2/t14-,15+,16+,18+,19+,21+/m0/s1. The van der Waals surface area contributed by atoms with Crippen molar-refractivity contribution in [2.45, 2.75) is 43.2 Å². The quantitative estimate of drug-likeness (QED) is 0.303. The van der Waals surface area contributed by atoms with Crippen LogP contribution in [-0.2, 0) is 4.74 Å². The van der Waals surface area contributed by atoms with E-state index in [2.05, 4.69) is 0 Å². The van der Waals surface area contributed by atoms with E-state index < -0.39 is 54.9 Å². The number of hydrogen-bond acceptors (Lipinski definition) is 11. The van der Waals surface area contributed by atoms with Gasteiger partial charge in [-0.05, 0) is 29.8 Å². The van der Waals surface area contributed by atoms with Crippen molar-refractivity contribution in [3.8, 4) is 28.7 Å². The van der Waals surface area contributed by atoms with E-state index in [1.54, 1.807) is 0 Å². The lowest BCUT2D eigenvalue weighted by atomic mass is 9.95. The van der Waals surface area contributed by atoms with Gasteiger partial charge in [0.25, 0.3) is 0 Å². The topological polar surface area (TPSA) is 186 Å². The Morgan fingerprint density at radius 2 is 1.72 bits per heavy atom. The molecular weight excluding hydrogens is 428 g/mol. The molecule has 1 fully saturated rings. The Bertz CT molecular complexity index is 1020. The smallest absolute Gasteiger partial charge is 0.229 e. The monoisotopic (exact) mass is 450 g/mol. The van der Waals surface area contributed by atoms with E-state index in [0.717, 1.165) is 0 Å². The minimum Gasteiger partial charge on any atom is -0.504 e. The van der Waals surface area contributed by atoms with Crippen LogP contribution in [0.2, 0.25) is 0 Å². The molecule has 0 aromatic heterocycles. The van der Waals surface area contributed by atoms with Gasteiger partial charge in [0.15, 0.2) is 28.8 Å². The van der Waals surface area contributed by atoms with Gasteiger partial charge < -0.3 is 50.0 Å². The van der Waals surface area contributed by atoms with Gasteiger partial charge in [0.05, 0.1) is 18.6 Å². The molecule has 0 spiro atoms. The van der Waals surface area contributed by atoms with Crippen molar-refractivity contribution >= 4 is 5.78 Å². The van der Waals surface area contributed by atoms with Crippen molar-refractivity contribution in [2.75, 3.05) is 6.61 Å². The number of carbonyl (C=O) groups excluding carboxylic acids is 1. The van der Waals surface area contributed by atoms with Crippen LogP contribution in [-0.4, -0.2) is 78.8 Å². The highest BCUT2D eigenvalue weighted by molar-refractivity contribution is 6.01. The van der Waals surface area contributed by atoms with E-state index >= 15 is 0 Å². The third-order valence-corrected chi connectivity index (χ3v) is 5.49. The number of ether oxygens (including phenoxy) is 3. The molecule has 172 valence electrons. The van der Waals surface area contributed by atoms with Gasteiger partial charge in [0.2, 0.25) is 12.0 Å². The van der Waals surface area contributed by atoms with Crippen molar-refractivity contribution in [3.05, 3.63) is 41.5 Å². The maximum atomic E-state index is 12.6. The molecule has 1 saturated heterocycles. The lowest BCUT2D eigenvalue weighted by Gasteiger charge is -2.39. The molecule has 0 unspecified atom stereocenters. The predicted octanol–water partition coefficient (Wildman–Crippen LogP) is -0.311. The third-order valence-electron chi connectivity index (χ3n) is 5.49. The maximum absolute atomic E-state index is 12.6. The Morgan fingerprint density at radius 1 is 0.969 bits per heavy atom. The molecule has 4 rings (SSSR count). The number of aromatic hydroxyl groups is 3. The van der Waals surface area contributed by atoms with Gasteiger partial charge in [-0.1, -0.05) is 6.07 Å². The van der Waals surface area contributed by atoms with Gasteiger partial charge in [-0.3, -0.25) is 4.79 Å². The van der Waals surface area contributed by atoms with Gasteiger partial charge in [-0.15, -0.1) is 0 Å². The van der Waals surface area contributed by atoms with Crippen LogP contribution in [0.25, 0.3) is 0 Å². The lowest BCUT2D eigenvalue weighted by Crippen LogP contribution is -2.60. The fourth-order valence-corrected chi connectivity index (χ4v) is 3.67. The molecule has 2 aliphatic rings. The molecule has 0 aliphatic carbocycles. The first-order valence-electron chi connectivity index (χ1n) is 9.76. The Kier molecular flexibility index (Phi) is 5.84. The Morgan fingerprint density at radius 3 is 2.41 bits per heavy atom. The average Bonchev–Trinajstić information content (AvgIpc) is 2.77. The van der Waals surface area contributed by atoms with Crippen molar-refractivity contribution in [3.63, 3.8) is 0 Å². The summed E-state index contributed by atoms with van der Waals surface area (Å²) in [5.74, 6) is -2.09. The second-order valence-electron chi connectivity index (χ2n) is 7.59. The summed E-state index contributed by atoms with van der Waals surface area (Å²) in [6, 6.07) is 6.55. The number of Topliss-reactive ketones (excluding diaryl/α,β-unsaturated/α-hetero) is 1. The highest BCUT2D eigenvalue weighted by Crippen LogP contribution is 2.46. The summed E-state index contributed by atoms with van der Waals surface area (Å²) in [6.07, 6.45) is -8.64. The van der Waals surface area contributed by atoms with E-state index in [1.165, 1.54) is 30.3 Å². The number of aliphatic hydroxyl groups excluding tert-OH is 4. The summed E-state index contributed by atoms with van der Waals surface area (Å²) in [6.45, 7) is -0.653. The molecule has 0 bridgehead atoms. The number of aliphatic hydroxyl groups is 4. The summed E-state index contributed by atoms with van der Waals surface area (Å²) in [5.41, 5.74) is 0.474. The van der Waals surface area contributed by atoms with Gasteiger partial charge in [0.1, 0.15) is 30.5 Å². The van der Waals surface area contributed by atoms with Crippen LogP contribution in [0, 0.1) is 0 Å². The molecule has 2 aromatic carbocycles. The molecule has 2 heterocycles.